The minimum Gasteiger partial charge on any atom is -0.497 e. The van der Waals surface area contributed by atoms with Crippen LogP contribution in [0.1, 0.15) is 6.42 Å². The molecule has 0 unspecified atom stereocenters. The van der Waals surface area contributed by atoms with Crippen LogP contribution in [0.2, 0.25) is 0 Å². The number of methoxy groups -OCH3 is 1. The van der Waals surface area contributed by atoms with Crippen molar-refractivity contribution in [3.8, 4) is 11.5 Å². The van der Waals surface area contributed by atoms with E-state index in [4.69, 9.17) is 9.47 Å². The number of nitrogens with zero attached hydrogens (tertiary/aromatic N) is 4. The normalized spacial score (nSPS) is 10.6. The molecular formula is C22H22ClFN4O3S. The molecule has 0 spiro atoms. The first-order valence-electron chi connectivity index (χ1n) is 9.72. The lowest BCUT2D eigenvalue weighted by Crippen LogP contribution is -2.36. The quantitative estimate of drug-likeness (QED) is 0.354. The lowest BCUT2D eigenvalue weighted by molar-refractivity contribution is -0.120. The van der Waals surface area contributed by atoms with Gasteiger partial charge in [0.05, 0.1) is 23.7 Å². The standard InChI is InChI=1S/C22H21FN4O3S.ClH/c1-29-16-7-8-18-20(13-16)31-22(25-18)27(11-4-10-26-12-9-24-15-26)21(28)14-30-19-6-3-2-5-17(19)23;/h2-3,5-9,12-13,15H,4,10-11,14H2,1H3;1H. The van der Waals surface area contributed by atoms with E-state index < -0.39 is 5.82 Å². The number of rotatable bonds is 9. The van der Waals surface area contributed by atoms with Crippen molar-refractivity contribution < 1.29 is 18.7 Å². The van der Waals surface area contributed by atoms with Gasteiger partial charge in [0.1, 0.15) is 5.75 Å². The summed E-state index contributed by atoms with van der Waals surface area (Å²) in [5.74, 6) is -0.0271. The molecule has 0 aliphatic rings. The van der Waals surface area contributed by atoms with Gasteiger partial charge in [0, 0.05) is 25.5 Å². The second kappa shape index (κ2) is 10.9. The van der Waals surface area contributed by atoms with E-state index in [1.807, 2.05) is 29.0 Å². The topological polar surface area (TPSA) is 69.5 Å². The summed E-state index contributed by atoms with van der Waals surface area (Å²) in [6, 6.07) is 11.6. The summed E-state index contributed by atoms with van der Waals surface area (Å²) in [6.45, 7) is 0.858. The number of benzene rings is 2. The number of ether oxygens (including phenoxy) is 2. The van der Waals surface area contributed by atoms with Crippen molar-refractivity contribution in [1.82, 2.24) is 14.5 Å². The molecule has 7 nitrogen and oxygen atoms in total. The molecule has 2 heterocycles. The number of hydrogen-bond donors (Lipinski definition) is 0. The maximum Gasteiger partial charge on any atom is 0.266 e. The number of carbonyl (C=O) groups is 1. The van der Waals surface area contributed by atoms with E-state index in [9.17, 15) is 9.18 Å². The lowest BCUT2D eigenvalue weighted by Gasteiger charge is -2.20. The molecule has 4 aromatic rings. The summed E-state index contributed by atoms with van der Waals surface area (Å²) in [4.78, 5) is 23.3. The average molecular weight is 477 g/mol. The van der Waals surface area contributed by atoms with E-state index in [2.05, 4.69) is 9.97 Å². The lowest BCUT2D eigenvalue weighted by atomic mass is 10.3. The first-order chi connectivity index (χ1) is 15.1. The fourth-order valence-corrected chi connectivity index (χ4v) is 4.11. The fourth-order valence-electron chi connectivity index (χ4n) is 3.07. The van der Waals surface area contributed by atoms with Gasteiger partial charge in [-0.3, -0.25) is 9.69 Å². The van der Waals surface area contributed by atoms with Crippen LogP contribution >= 0.6 is 23.7 Å². The van der Waals surface area contributed by atoms with Gasteiger partial charge in [0.2, 0.25) is 0 Å². The largest absolute Gasteiger partial charge is 0.497 e. The van der Waals surface area contributed by atoms with Gasteiger partial charge < -0.3 is 14.0 Å². The number of aryl methyl sites for hydroxylation is 1. The number of thiazole rings is 1. The Hall–Kier alpha value is -3.17. The second-order valence-corrected chi connectivity index (χ2v) is 7.76. The highest BCUT2D eigenvalue weighted by atomic mass is 35.5. The highest BCUT2D eigenvalue weighted by Crippen LogP contribution is 2.31. The van der Waals surface area contributed by atoms with Gasteiger partial charge in [0.15, 0.2) is 23.3 Å². The number of carbonyl (C=O) groups excluding carboxylic acids is 1. The van der Waals surface area contributed by atoms with Gasteiger partial charge in [0.25, 0.3) is 5.91 Å². The number of hydrogen-bond acceptors (Lipinski definition) is 6. The first-order valence-corrected chi connectivity index (χ1v) is 10.5. The van der Waals surface area contributed by atoms with Crippen molar-refractivity contribution in [3.63, 3.8) is 0 Å². The van der Waals surface area contributed by atoms with Crippen LogP contribution in [0.4, 0.5) is 9.52 Å². The molecule has 168 valence electrons. The van der Waals surface area contributed by atoms with Crippen LogP contribution in [0.3, 0.4) is 0 Å². The van der Waals surface area contributed by atoms with Gasteiger partial charge in [-0.05, 0) is 36.8 Å². The average Bonchev–Trinajstić information content (AvgIpc) is 3.45. The van der Waals surface area contributed by atoms with Crippen LogP contribution in [-0.2, 0) is 11.3 Å². The first kappa shape index (κ1) is 23.5. The van der Waals surface area contributed by atoms with Crippen molar-refractivity contribution in [2.75, 3.05) is 25.2 Å². The second-order valence-electron chi connectivity index (χ2n) is 6.75. The molecule has 2 aromatic carbocycles. The number of anilines is 1. The van der Waals surface area contributed by atoms with Crippen molar-refractivity contribution in [2.45, 2.75) is 13.0 Å². The molecular weight excluding hydrogens is 455 g/mol. The summed E-state index contributed by atoms with van der Waals surface area (Å²) in [7, 11) is 1.61. The van der Waals surface area contributed by atoms with Gasteiger partial charge in [-0.2, -0.15) is 0 Å². The molecule has 0 atom stereocenters. The van der Waals surface area contributed by atoms with E-state index in [-0.39, 0.29) is 30.7 Å². The van der Waals surface area contributed by atoms with E-state index in [0.717, 1.165) is 16.0 Å². The molecule has 4 rings (SSSR count). The predicted octanol–water partition coefficient (Wildman–Crippen LogP) is 4.56. The Morgan fingerprint density at radius 1 is 1.25 bits per heavy atom. The van der Waals surface area contributed by atoms with E-state index in [0.29, 0.717) is 24.6 Å². The number of amides is 1. The smallest absolute Gasteiger partial charge is 0.266 e. The molecule has 0 fully saturated rings. The number of para-hydroxylation sites is 1. The van der Waals surface area contributed by atoms with Crippen LogP contribution < -0.4 is 14.4 Å². The van der Waals surface area contributed by atoms with Crippen LogP contribution in [0, 0.1) is 5.82 Å². The Morgan fingerprint density at radius 3 is 2.84 bits per heavy atom. The molecule has 0 radical (unpaired) electrons. The summed E-state index contributed by atoms with van der Waals surface area (Å²) in [5.41, 5.74) is 0.781. The highest BCUT2D eigenvalue weighted by Gasteiger charge is 2.21. The summed E-state index contributed by atoms with van der Waals surface area (Å²) in [5, 5.41) is 0.566. The molecule has 10 heteroatoms. The Bertz CT molecular complexity index is 1170. The molecule has 2 aromatic heterocycles. The van der Waals surface area contributed by atoms with Crippen LogP contribution in [0.25, 0.3) is 10.2 Å². The van der Waals surface area contributed by atoms with Crippen LogP contribution in [0.5, 0.6) is 11.5 Å². The Balaban J connectivity index is 0.00000289. The predicted molar refractivity (Wildman–Crippen MR) is 125 cm³/mol. The maximum atomic E-state index is 13.9. The molecule has 0 aliphatic heterocycles. The van der Waals surface area contributed by atoms with Gasteiger partial charge >= 0.3 is 0 Å². The third-order valence-electron chi connectivity index (χ3n) is 4.66. The van der Waals surface area contributed by atoms with Crippen LogP contribution in [-0.4, -0.2) is 40.7 Å². The minimum atomic E-state index is -0.506. The van der Waals surface area contributed by atoms with Gasteiger partial charge in [-0.25, -0.2) is 14.4 Å². The number of halogens is 2. The molecule has 0 N–H and O–H groups in total. The van der Waals surface area contributed by atoms with Crippen molar-refractivity contribution in [2.24, 2.45) is 0 Å². The Kier molecular flexibility index (Phi) is 8.02. The molecule has 0 saturated carbocycles. The summed E-state index contributed by atoms with van der Waals surface area (Å²) in [6.07, 6.45) is 6.02. The van der Waals surface area contributed by atoms with Crippen molar-refractivity contribution in [1.29, 1.82) is 0 Å². The highest BCUT2D eigenvalue weighted by molar-refractivity contribution is 7.22. The molecule has 0 aliphatic carbocycles. The number of aromatic nitrogens is 3. The zero-order valence-corrected chi connectivity index (χ0v) is 18.9. The van der Waals surface area contributed by atoms with Crippen molar-refractivity contribution in [3.05, 3.63) is 67.0 Å². The Labute approximate surface area is 194 Å². The molecule has 0 saturated heterocycles. The summed E-state index contributed by atoms with van der Waals surface area (Å²) >= 11 is 1.40. The zero-order valence-electron chi connectivity index (χ0n) is 17.3. The number of fused-ring (bicyclic) bond motifs is 1. The molecule has 32 heavy (non-hydrogen) atoms. The maximum absolute atomic E-state index is 13.9. The van der Waals surface area contributed by atoms with Crippen LogP contribution in [0.15, 0.2) is 61.2 Å². The third kappa shape index (κ3) is 5.54. The monoisotopic (exact) mass is 476 g/mol. The van der Waals surface area contributed by atoms with Crippen molar-refractivity contribution >= 4 is 45.0 Å². The van der Waals surface area contributed by atoms with E-state index in [1.54, 1.807) is 36.7 Å². The van der Waals surface area contributed by atoms with Gasteiger partial charge in [-0.15, -0.1) is 12.4 Å². The fraction of sp³-hybridized carbons (Fsp3) is 0.227. The van der Waals surface area contributed by atoms with E-state index in [1.165, 1.54) is 23.5 Å². The third-order valence-corrected chi connectivity index (χ3v) is 5.70. The zero-order chi connectivity index (χ0) is 21.6. The summed E-state index contributed by atoms with van der Waals surface area (Å²) < 4.78 is 27.4. The minimum absolute atomic E-state index is 0. The van der Waals surface area contributed by atoms with Gasteiger partial charge in [-0.1, -0.05) is 23.5 Å². The van der Waals surface area contributed by atoms with E-state index >= 15 is 0 Å². The molecule has 1 amide bonds. The SMILES string of the molecule is COc1ccc2nc(N(CCCn3ccnc3)C(=O)COc3ccccc3F)sc2c1.Cl. The Morgan fingerprint density at radius 2 is 2.09 bits per heavy atom. The number of imidazole rings is 1. The molecule has 0 bridgehead atoms.